The zero-order valence-electron chi connectivity index (χ0n) is 20.3. The normalized spacial score (nSPS) is 10.7. The van der Waals surface area contributed by atoms with Crippen LogP contribution in [-0.4, -0.2) is 20.0 Å². The second-order valence-corrected chi connectivity index (χ2v) is 8.01. The van der Waals surface area contributed by atoms with E-state index >= 15 is 0 Å². The Morgan fingerprint density at radius 2 is 1.19 bits per heavy atom. The molecular formula is C31H28O5. The number of rotatable bonds is 11. The van der Waals surface area contributed by atoms with Gasteiger partial charge in [0.15, 0.2) is 5.78 Å². The predicted molar refractivity (Wildman–Crippen MR) is 141 cm³/mol. The molecule has 4 rings (SSSR count). The smallest absolute Gasteiger partial charge is 0.189 e. The highest BCUT2D eigenvalue weighted by Gasteiger charge is 2.12. The number of ether oxygens (including phenoxy) is 4. The predicted octanol–water partition coefficient (Wildman–Crippen LogP) is 6.76. The summed E-state index contributed by atoms with van der Waals surface area (Å²) in [5, 5.41) is 0. The largest absolute Gasteiger partial charge is 0.496 e. The second-order valence-electron chi connectivity index (χ2n) is 8.01. The van der Waals surface area contributed by atoms with E-state index in [1.807, 2.05) is 78.9 Å². The highest BCUT2D eigenvalue weighted by atomic mass is 16.5. The van der Waals surface area contributed by atoms with Crippen molar-refractivity contribution >= 4 is 11.9 Å². The van der Waals surface area contributed by atoms with Gasteiger partial charge >= 0.3 is 0 Å². The maximum atomic E-state index is 12.9. The second kappa shape index (κ2) is 12.3. The molecule has 0 aliphatic heterocycles. The molecule has 0 bridgehead atoms. The molecule has 0 radical (unpaired) electrons. The summed E-state index contributed by atoms with van der Waals surface area (Å²) in [4.78, 5) is 12.9. The summed E-state index contributed by atoms with van der Waals surface area (Å²) in [6, 6.07) is 30.6. The average molecular weight is 481 g/mol. The van der Waals surface area contributed by atoms with Gasteiger partial charge in [0.05, 0.1) is 19.8 Å². The van der Waals surface area contributed by atoms with E-state index in [4.69, 9.17) is 18.9 Å². The van der Waals surface area contributed by atoms with Crippen LogP contribution in [0.5, 0.6) is 23.0 Å². The number of allylic oxidation sites excluding steroid dienone is 1. The fraction of sp³-hybridized carbons (Fsp3) is 0.129. The Morgan fingerprint density at radius 1 is 0.667 bits per heavy atom. The molecule has 0 aromatic heterocycles. The standard InChI is InChI=1S/C31H28O5/c1-33-30-19-26(35-21-23-9-5-3-6-10-23)15-13-25(30)14-18-29(32)28-17-16-27(20-31(28)34-2)36-22-24-11-7-4-8-12-24/h3-20H,21-22H2,1-2H3. The quantitative estimate of drug-likeness (QED) is 0.175. The molecule has 4 aromatic rings. The number of carbonyl (C=O) groups excluding carboxylic acids is 1. The molecule has 0 aliphatic rings. The third-order valence-corrected chi connectivity index (χ3v) is 5.55. The maximum Gasteiger partial charge on any atom is 0.189 e. The molecule has 0 spiro atoms. The van der Waals surface area contributed by atoms with Crippen LogP contribution in [-0.2, 0) is 13.2 Å². The van der Waals surface area contributed by atoms with Gasteiger partial charge in [-0.3, -0.25) is 4.79 Å². The van der Waals surface area contributed by atoms with Crippen molar-refractivity contribution in [2.75, 3.05) is 14.2 Å². The number of carbonyl (C=O) groups is 1. The summed E-state index contributed by atoms with van der Waals surface area (Å²) in [6.45, 7) is 0.893. The van der Waals surface area contributed by atoms with Crippen LogP contribution in [0.25, 0.3) is 6.08 Å². The Morgan fingerprint density at radius 3 is 1.75 bits per heavy atom. The van der Waals surface area contributed by atoms with Crippen LogP contribution >= 0.6 is 0 Å². The molecule has 36 heavy (non-hydrogen) atoms. The summed E-state index contributed by atoms with van der Waals surface area (Å²) in [7, 11) is 3.13. The Labute approximate surface area is 211 Å². The highest BCUT2D eigenvalue weighted by Crippen LogP contribution is 2.29. The van der Waals surface area contributed by atoms with Crippen LogP contribution in [0.4, 0.5) is 0 Å². The van der Waals surface area contributed by atoms with Crippen LogP contribution in [0.1, 0.15) is 27.0 Å². The van der Waals surface area contributed by atoms with Gasteiger partial charge in [0.2, 0.25) is 0 Å². The van der Waals surface area contributed by atoms with Crippen molar-refractivity contribution in [3.63, 3.8) is 0 Å². The van der Waals surface area contributed by atoms with Gasteiger partial charge in [-0.25, -0.2) is 0 Å². The number of hydrogen-bond donors (Lipinski definition) is 0. The molecular weight excluding hydrogens is 452 g/mol. The third kappa shape index (κ3) is 6.54. The summed E-state index contributed by atoms with van der Waals surface area (Å²) >= 11 is 0. The van der Waals surface area contributed by atoms with E-state index in [2.05, 4.69) is 0 Å². The fourth-order valence-corrected chi connectivity index (χ4v) is 3.62. The van der Waals surface area contributed by atoms with Gasteiger partial charge in [0.1, 0.15) is 36.2 Å². The van der Waals surface area contributed by atoms with E-state index in [1.54, 1.807) is 31.4 Å². The summed E-state index contributed by atoms with van der Waals surface area (Å²) in [5.74, 6) is 2.19. The lowest BCUT2D eigenvalue weighted by atomic mass is 10.1. The van der Waals surface area contributed by atoms with Gasteiger partial charge < -0.3 is 18.9 Å². The molecule has 0 saturated heterocycles. The molecule has 0 aliphatic carbocycles. The van der Waals surface area contributed by atoms with Crippen LogP contribution < -0.4 is 18.9 Å². The van der Waals surface area contributed by atoms with Crippen molar-refractivity contribution in [2.45, 2.75) is 13.2 Å². The lowest BCUT2D eigenvalue weighted by molar-refractivity contribution is 0.104. The fourth-order valence-electron chi connectivity index (χ4n) is 3.62. The zero-order chi connectivity index (χ0) is 25.2. The summed E-state index contributed by atoms with van der Waals surface area (Å²) in [5.41, 5.74) is 3.35. The minimum Gasteiger partial charge on any atom is -0.496 e. The number of benzene rings is 4. The minimum atomic E-state index is -0.187. The maximum absolute atomic E-state index is 12.9. The molecule has 0 amide bonds. The van der Waals surface area contributed by atoms with E-state index in [-0.39, 0.29) is 5.78 Å². The molecule has 0 N–H and O–H groups in total. The van der Waals surface area contributed by atoms with Gasteiger partial charge in [-0.1, -0.05) is 60.7 Å². The molecule has 0 fully saturated rings. The Kier molecular flexibility index (Phi) is 8.39. The molecule has 5 nitrogen and oxygen atoms in total. The Bertz CT molecular complexity index is 1310. The van der Waals surface area contributed by atoms with Crippen LogP contribution in [0, 0.1) is 0 Å². The van der Waals surface area contributed by atoms with Gasteiger partial charge in [-0.05, 0) is 47.5 Å². The van der Waals surface area contributed by atoms with Gasteiger partial charge in [-0.15, -0.1) is 0 Å². The van der Waals surface area contributed by atoms with Crippen molar-refractivity contribution in [3.05, 3.63) is 125 Å². The molecule has 182 valence electrons. The molecule has 5 heteroatoms. The summed E-state index contributed by atoms with van der Waals surface area (Å²) in [6.07, 6.45) is 3.23. The van der Waals surface area contributed by atoms with Crippen LogP contribution in [0.15, 0.2) is 103 Å². The van der Waals surface area contributed by atoms with Gasteiger partial charge in [-0.2, -0.15) is 0 Å². The first-order valence-corrected chi connectivity index (χ1v) is 11.6. The average Bonchev–Trinajstić information content (AvgIpc) is 2.94. The van der Waals surface area contributed by atoms with Crippen LogP contribution in [0.2, 0.25) is 0 Å². The summed E-state index contributed by atoms with van der Waals surface area (Å²) < 4.78 is 22.7. The van der Waals surface area contributed by atoms with E-state index in [0.29, 0.717) is 41.8 Å². The lowest BCUT2D eigenvalue weighted by Gasteiger charge is -2.11. The van der Waals surface area contributed by atoms with E-state index in [9.17, 15) is 4.79 Å². The zero-order valence-corrected chi connectivity index (χ0v) is 20.3. The highest BCUT2D eigenvalue weighted by molar-refractivity contribution is 6.08. The molecule has 0 unspecified atom stereocenters. The van der Waals surface area contributed by atoms with Crippen LogP contribution in [0.3, 0.4) is 0 Å². The van der Waals surface area contributed by atoms with Gasteiger partial charge in [0, 0.05) is 17.7 Å². The third-order valence-electron chi connectivity index (χ3n) is 5.55. The Balaban J connectivity index is 1.42. The van der Waals surface area contributed by atoms with Crippen molar-refractivity contribution < 1.29 is 23.7 Å². The van der Waals surface area contributed by atoms with E-state index in [0.717, 1.165) is 16.7 Å². The van der Waals surface area contributed by atoms with Crippen molar-refractivity contribution in [1.29, 1.82) is 0 Å². The first kappa shape index (κ1) is 24.6. The molecule has 4 aromatic carbocycles. The van der Waals surface area contributed by atoms with Gasteiger partial charge in [0.25, 0.3) is 0 Å². The van der Waals surface area contributed by atoms with Crippen molar-refractivity contribution in [1.82, 2.24) is 0 Å². The number of ketones is 1. The van der Waals surface area contributed by atoms with E-state index in [1.165, 1.54) is 13.2 Å². The molecule has 0 saturated carbocycles. The molecule has 0 atom stereocenters. The SMILES string of the molecule is COc1cc(OCc2ccccc2)ccc1C=CC(=O)c1ccc(OCc2ccccc2)cc1OC. The topological polar surface area (TPSA) is 54.0 Å². The first-order chi connectivity index (χ1) is 17.7. The monoisotopic (exact) mass is 480 g/mol. The number of methoxy groups -OCH3 is 2. The Hall–Kier alpha value is -4.51. The molecule has 0 heterocycles. The minimum absolute atomic E-state index is 0.187. The van der Waals surface area contributed by atoms with E-state index < -0.39 is 0 Å². The van der Waals surface area contributed by atoms with Crippen molar-refractivity contribution in [3.8, 4) is 23.0 Å². The lowest BCUT2D eigenvalue weighted by Crippen LogP contribution is -2.01. The first-order valence-electron chi connectivity index (χ1n) is 11.6. The number of hydrogen-bond acceptors (Lipinski definition) is 5. The van der Waals surface area contributed by atoms with Crippen molar-refractivity contribution in [2.24, 2.45) is 0 Å².